The topological polar surface area (TPSA) is 97.2 Å². The minimum Gasteiger partial charge on any atom is -0.328 e. The Labute approximate surface area is 179 Å². The molecule has 1 aliphatic heterocycles. The number of aryl methyl sites for hydroxylation is 2. The maximum absolute atomic E-state index is 13.0. The molecule has 1 aliphatic rings. The van der Waals surface area contributed by atoms with Crippen LogP contribution in [0.5, 0.6) is 0 Å². The van der Waals surface area contributed by atoms with Crippen molar-refractivity contribution in [2.24, 2.45) is 7.05 Å². The standard InChI is InChI=1S/C23H23N5O3/c1-15-18(22(30)26-17-7-4-3-5-8-17)13-24-21(25-15)19-9-6-12-28(19)23(31)16-10-11-20(29)27(2)14-16/h3-5,7-8,10-11,13-14,19H,6,9,12H2,1-2H3,(H,26,30). The summed E-state index contributed by atoms with van der Waals surface area (Å²) in [6, 6.07) is 11.9. The first-order valence-electron chi connectivity index (χ1n) is 10.1. The van der Waals surface area contributed by atoms with Crippen LogP contribution in [0.3, 0.4) is 0 Å². The van der Waals surface area contributed by atoms with Gasteiger partial charge in [-0.25, -0.2) is 9.97 Å². The highest BCUT2D eigenvalue weighted by Gasteiger charge is 2.33. The van der Waals surface area contributed by atoms with Gasteiger partial charge in [0.15, 0.2) is 5.82 Å². The Morgan fingerprint density at radius 1 is 1.13 bits per heavy atom. The summed E-state index contributed by atoms with van der Waals surface area (Å²) in [5.41, 5.74) is 1.92. The Morgan fingerprint density at radius 3 is 2.61 bits per heavy atom. The number of likely N-dealkylation sites (tertiary alicyclic amines) is 1. The number of amides is 2. The number of benzene rings is 1. The molecule has 2 amide bonds. The highest BCUT2D eigenvalue weighted by Crippen LogP contribution is 2.31. The van der Waals surface area contributed by atoms with Crippen LogP contribution < -0.4 is 10.9 Å². The van der Waals surface area contributed by atoms with Gasteiger partial charge < -0.3 is 14.8 Å². The number of carbonyl (C=O) groups is 2. The predicted molar refractivity (Wildman–Crippen MR) is 116 cm³/mol. The molecule has 0 bridgehead atoms. The van der Waals surface area contributed by atoms with Crippen molar-refractivity contribution in [3.8, 4) is 0 Å². The van der Waals surface area contributed by atoms with Crippen LogP contribution in [0.1, 0.15) is 51.1 Å². The Balaban J connectivity index is 1.55. The maximum atomic E-state index is 13.0. The van der Waals surface area contributed by atoms with Gasteiger partial charge in [0.2, 0.25) is 5.56 Å². The van der Waals surface area contributed by atoms with E-state index in [0.29, 0.717) is 34.9 Å². The minimum atomic E-state index is -0.278. The lowest BCUT2D eigenvalue weighted by Crippen LogP contribution is -2.32. The van der Waals surface area contributed by atoms with E-state index in [-0.39, 0.29) is 23.4 Å². The molecule has 0 saturated carbocycles. The van der Waals surface area contributed by atoms with Crippen molar-refractivity contribution >= 4 is 17.5 Å². The van der Waals surface area contributed by atoms with Crippen molar-refractivity contribution in [3.05, 3.63) is 87.9 Å². The van der Waals surface area contributed by atoms with Crippen molar-refractivity contribution in [1.82, 2.24) is 19.4 Å². The van der Waals surface area contributed by atoms with Crippen LogP contribution in [0.25, 0.3) is 0 Å². The maximum Gasteiger partial charge on any atom is 0.259 e. The summed E-state index contributed by atoms with van der Waals surface area (Å²) in [6.07, 6.45) is 4.64. The molecule has 31 heavy (non-hydrogen) atoms. The predicted octanol–water partition coefficient (Wildman–Crippen LogP) is 2.71. The van der Waals surface area contributed by atoms with E-state index < -0.39 is 0 Å². The number of pyridine rings is 1. The lowest BCUT2D eigenvalue weighted by Gasteiger charge is -2.24. The van der Waals surface area contributed by atoms with E-state index in [2.05, 4.69) is 15.3 Å². The first-order valence-corrected chi connectivity index (χ1v) is 10.1. The number of hydrogen-bond donors (Lipinski definition) is 1. The average Bonchev–Trinajstić information content (AvgIpc) is 3.25. The van der Waals surface area contributed by atoms with Gasteiger partial charge in [-0.05, 0) is 38.0 Å². The van der Waals surface area contributed by atoms with Gasteiger partial charge in [0.1, 0.15) is 0 Å². The first kappa shape index (κ1) is 20.5. The van der Waals surface area contributed by atoms with Gasteiger partial charge in [0.05, 0.1) is 22.9 Å². The van der Waals surface area contributed by atoms with Crippen LogP contribution in [0.4, 0.5) is 5.69 Å². The van der Waals surface area contributed by atoms with Crippen LogP contribution in [-0.2, 0) is 7.05 Å². The summed E-state index contributed by atoms with van der Waals surface area (Å²) in [4.78, 5) is 48.0. The van der Waals surface area contributed by atoms with E-state index in [9.17, 15) is 14.4 Å². The van der Waals surface area contributed by atoms with Crippen LogP contribution in [0.15, 0.2) is 59.7 Å². The molecule has 8 heteroatoms. The number of nitrogens with one attached hydrogen (secondary N) is 1. The average molecular weight is 417 g/mol. The van der Waals surface area contributed by atoms with E-state index in [1.54, 1.807) is 31.1 Å². The largest absolute Gasteiger partial charge is 0.328 e. The monoisotopic (exact) mass is 417 g/mol. The highest BCUT2D eigenvalue weighted by molar-refractivity contribution is 6.04. The summed E-state index contributed by atoms with van der Waals surface area (Å²) in [5.74, 6) is 0.0782. The zero-order valence-electron chi connectivity index (χ0n) is 17.4. The first-order chi connectivity index (χ1) is 14.9. The summed E-state index contributed by atoms with van der Waals surface area (Å²) in [6.45, 7) is 2.35. The number of aromatic nitrogens is 3. The van der Waals surface area contributed by atoms with Crippen molar-refractivity contribution in [3.63, 3.8) is 0 Å². The van der Waals surface area contributed by atoms with Gasteiger partial charge in [-0.3, -0.25) is 14.4 Å². The molecule has 3 heterocycles. The Kier molecular flexibility index (Phi) is 5.62. The molecule has 0 aliphatic carbocycles. The third kappa shape index (κ3) is 4.23. The summed E-state index contributed by atoms with van der Waals surface area (Å²) in [5, 5.41) is 2.84. The van der Waals surface area contributed by atoms with E-state index in [0.717, 1.165) is 12.8 Å². The number of nitrogens with zero attached hydrogens (tertiary/aromatic N) is 4. The van der Waals surface area contributed by atoms with Crippen molar-refractivity contribution < 1.29 is 9.59 Å². The number of carbonyl (C=O) groups excluding carboxylic acids is 2. The van der Waals surface area contributed by atoms with Crippen molar-refractivity contribution in [2.45, 2.75) is 25.8 Å². The molecule has 0 radical (unpaired) electrons. The van der Waals surface area contributed by atoms with Gasteiger partial charge >= 0.3 is 0 Å². The third-order valence-corrected chi connectivity index (χ3v) is 5.42. The summed E-state index contributed by atoms with van der Waals surface area (Å²) in [7, 11) is 1.62. The fourth-order valence-electron chi connectivity index (χ4n) is 3.75. The molecule has 1 N–H and O–H groups in total. The van der Waals surface area contributed by atoms with E-state index in [4.69, 9.17) is 0 Å². The highest BCUT2D eigenvalue weighted by atomic mass is 16.2. The molecule has 4 rings (SSSR count). The molecule has 1 aromatic carbocycles. The van der Waals surface area contributed by atoms with Gasteiger partial charge in [-0.2, -0.15) is 0 Å². The molecule has 1 atom stereocenters. The van der Waals surface area contributed by atoms with Gasteiger partial charge in [0.25, 0.3) is 11.8 Å². The lowest BCUT2D eigenvalue weighted by atomic mass is 10.1. The van der Waals surface area contributed by atoms with Crippen LogP contribution >= 0.6 is 0 Å². The van der Waals surface area contributed by atoms with E-state index in [1.165, 1.54) is 16.8 Å². The van der Waals surface area contributed by atoms with Gasteiger partial charge in [-0.15, -0.1) is 0 Å². The quantitative estimate of drug-likeness (QED) is 0.704. The molecule has 3 aromatic rings. The summed E-state index contributed by atoms with van der Waals surface area (Å²) < 4.78 is 1.39. The van der Waals surface area contributed by atoms with Gasteiger partial charge in [0, 0.05) is 37.7 Å². The molecular formula is C23H23N5O3. The fraction of sp³-hybridized carbons (Fsp3) is 0.261. The number of para-hydroxylation sites is 1. The lowest BCUT2D eigenvalue weighted by molar-refractivity contribution is 0.0728. The number of rotatable bonds is 4. The van der Waals surface area contributed by atoms with Crippen molar-refractivity contribution in [1.29, 1.82) is 0 Å². The molecule has 1 saturated heterocycles. The second-order valence-corrected chi connectivity index (χ2v) is 7.57. The van der Waals surface area contributed by atoms with E-state index in [1.807, 2.05) is 30.3 Å². The molecule has 0 spiro atoms. The fourth-order valence-corrected chi connectivity index (χ4v) is 3.75. The van der Waals surface area contributed by atoms with Crippen LogP contribution in [0.2, 0.25) is 0 Å². The summed E-state index contributed by atoms with van der Waals surface area (Å²) >= 11 is 0. The third-order valence-electron chi connectivity index (χ3n) is 5.42. The molecular weight excluding hydrogens is 394 g/mol. The Bertz CT molecular complexity index is 1190. The van der Waals surface area contributed by atoms with Gasteiger partial charge in [-0.1, -0.05) is 18.2 Å². The zero-order chi connectivity index (χ0) is 22.0. The van der Waals surface area contributed by atoms with Crippen LogP contribution in [-0.4, -0.2) is 37.8 Å². The van der Waals surface area contributed by atoms with Crippen LogP contribution in [0, 0.1) is 6.92 Å². The smallest absolute Gasteiger partial charge is 0.259 e. The molecule has 1 unspecified atom stereocenters. The number of hydrogen-bond acceptors (Lipinski definition) is 5. The number of anilines is 1. The molecule has 158 valence electrons. The minimum absolute atomic E-state index is 0.162. The second-order valence-electron chi connectivity index (χ2n) is 7.57. The van der Waals surface area contributed by atoms with Crippen molar-refractivity contribution in [2.75, 3.05) is 11.9 Å². The zero-order valence-corrected chi connectivity index (χ0v) is 17.4. The molecule has 1 fully saturated rings. The molecule has 8 nitrogen and oxygen atoms in total. The Morgan fingerprint density at radius 2 is 1.90 bits per heavy atom. The molecule has 2 aromatic heterocycles. The van der Waals surface area contributed by atoms with E-state index >= 15 is 0 Å². The Hall–Kier alpha value is -3.81. The second kappa shape index (κ2) is 8.51. The normalized spacial score (nSPS) is 15.7. The SMILES string of the molecule is Cc1nc(C2CCCN2C(=O)c2ccc(=O)n(C)c2)ncc1C(=O)Nc1ccccc1.